The van der Waals surface area contributed by atoms with E-state index < -0.39 is 0 Å². The molecule has 0 N–H and O–H groups in total. The Morgan fingerprint density at radius 3 is 2.52 bits per heavy atom. The minimum atomic E-state index is -0.287. The SMILES string of the molecule is CC(=O)c1ccc(CCCCC(CCCc2noc3cc(F)ccc23)N2CCCCC2)cc1. The van der Waals surface area contributed by atoms with Crippen LogP contribution >= 0.6 is 0 Å². The second-order valence-electron chi connectivity index (χ2n) is 9.41. The number of carbonyl (C=O) groups excluding carboxylic acids is 1. The van der Waals surface area contributed by atoms with E-state index >= 15 is 0 Å². The first-order valence-electron chi connectivity index (χ1n) is 12.5. The summed E-state index contributed by atoms with van der Waals surface area (Å²) < 4.78 is 18.7. The summed E-state index contributed by atoms with van der Waals surface area (Å²) in [5.74, 6) is -0.165. The summed E-state index contributed by atoms with van der Waals surface area (Å²) in [5, 5.41) is 5.13. The Morgan fingerprint density at radius 1 is 1.00 bits per heavy atom. The van der Waals surface area contributed by atoms with Gasteiger partial charge in [-0.15, -0.1) is 0 Å². The van der Waals surface area contributed by atoms with Crippen LogP contribution in [-0.2, 0) is 12.8 Å². The summed E-state index contributed by atoms with van der Waals surface area (Å²) in [5.41, 5.74) is 3.57. The molecule has 1 unspecified atom stereocenters. The Hall–Kier alpha value is -2.53. The molecule has 1 aliphatic heterocycles. The monoisotopic (exact) mass is 450 g/mol. The zero-order valence-electron chi connectivity index (χ0n) is 19.7. The number of carbonyl (C=O) groups is 1. The second kappa shape index (κ2) is 11.6. The van der Waals surface area contributed by atoms with Crippen LogP contribution < -0.4 is 0 Å². The number of ketones is 1. The van der Waals surface area contributed by atoms with E-state index in [4.69, 9.17) is 4.52 Å². The molecule has 4 rings (SSSR count). The molecule has 0 spiro atoms. The van der Waals surface area contributed by atoms with Gasteiger partial charge in [-0.3, -0.25) is 4.79 Å². The predicted octanol–water partition coefficient (Wildman–Crippen LogP) is 6.76. The van der Waals surface area contributed by atoms with Crippen LogP contribution in [0.5, 0.6) is 0 Å². The molecule has 33 heavy (non-hydrogen) atoms. The molecule has 1 saturated heterocycles. The van der Waals surface area contributed by atoms with E-state index in [-0.39, 0.29) is 11.6 Å². The lowest BCUT2D eigenvalue weighted by molar-refractivity contribution is 0.101. The van der Waals surface area contributed by atoms with Crippen molar-refractivity contribution >= 4 is 16.8 Å². The van der Waals surface area contributed by atoms with Crippen molar-refractivity contribution in [2.24, 2.45) is 0 Å². The fraction of sp³-hybridized carbons (Fsp3) is 0.500. The third-order valence-electron chi connectivity index (χ3n) is 6.98. The highest BCUT2D eigenvalue weighted by Gasteiger charge is 2.20. The molecule has 0 amide bonds. The quantitative estimate of drug-likeness (QED) is 0.239. The Bertz CT molecular complexity index is 1040. The van der Waals surface area contributed by atoms with Gasteiger partial charge in [-0.25, -0.2) is 4.39 Å². The zero-order chi connectivity index (χ0) is 23.0. The van der Waals surface area contributed by atoms with Gasteiger partial charge in [0.15, 0.2) is 11.4 Å². The molecule has 2 aromatic carbocycles. The van der Waals surface area contributed by atoms with Gasteiger partial charge in [0, 0.05) is 23.1 Å². The lowest BCUT2D eigenvalue weighted by atomic mass is 9.96. The number of Topliss-reactive ketones (excluding diaryl/α,β-unsaturated/α-hetero) is 1. The van der Waals surface area contributed by atoms with Crippen LogP contribution in [0.1, 0.15) is 79.9 Å². The molecule has 0 aliphatic carbocycles. The van der Waals surface area contributed by atoms with Crippen molar-refractivity contribution in [3.63, 3.8) is 0 Å². The van der Waals surface area contributed by atoms with Gasteiger partial charge < -0.3 is 9.42 Å². The van der Waals surface area contributed by atoms with E-state index in [9.17, 15) is 9.18 Å². The third-order valence-corrected chi connectivity index (χ3v) is 6.98. The molecule has 1 aromatic heterocycles. The number of rotatable bonds is 11. The highest BCUT2D eigenvalue weighted by atomic mass is 19.1. The summed E-state index contributed by atoms with van der Waals surface area (Å²) in [6.45, 7) is 4.04. The van der Waals surface area contributed by atoms with Crippen molar-refractivity contribution < 1.29 is 13.7 Å². The largest absolute Gasteiger partial charge is 0.356 e. The van der Waals surface area contributed by atoms with Gasteiger partial charge in [0.25, 0.3) is 0 Å². The van der Waals surface area contributed by atoms with E-state index in [0.717, 1.165) is 42.3 Å². The Labute approximate surface area is 196 Å². The molecule has 4 nitrogen and oxygen atoms in total. The number of likely N-dealkylation sites (tertiary alicyclic amines) is 1. The zero-order valence-corrected chi connectivity index (χ0v) is 19.7. The topological polar surface area (TPSA) is 46.3 Å². The van der Waals surface area contributed by atoms with Gasteiger partial charge in [-0.2, -0.15) is 0 Å². The lowest BCUT2D eigenvalue weighted by Crippen LogP contribution is -2.39. The summed E-state index contributed by atoms with van der Waals surface area (Å²) >= 11 is 0. The first-order chi connectivity index (χ1) is 16.1. The van der Waals surface area contributed by atoms with Crippen LogP contribution in [0.4, 0.5) is 4.39 Å². The van der Waals surface area contributed by atoms with Crippen molar-refractivity contribution in [3.8, 4) is 0 Å². The number of halogens is 1. The van der Waals surface area contributed by atoms with Crippen LogP contribution in [0.2, 0.25) is 0 Å². The van der Waals surface area contributed by atoms with Crippen LogP contribution in [0, 0.1) is 5.82 Å². The molecular weight excluding hydrogens is 415 g/mol. The van der Waals surface area contributed by atoms with Gasteiger partial charge in [-0.1, -0.05) is 42.3 Å². The summed E-state index contributed by atoms with van der Waals surface area (Å²) in [7, 11) is 0. The molecule has 1 fully saturated rings. The second-order valence-corrected chi connectivity index (χ2v) is 9.41. The Kier molecular flexibility index (Phi) is 8.27. The number of piperidine rings is 1. The summed E-state index contributed by atoms with van der Waals surface area (Å²) in [6, 6.07) is 13.3. The Balaban J connectivity index is 1.27. The normalized spacial score (nSPS) is 15.7. The fourth-order valence-electron chi connectivity index (χ4n) is 5.06. The fourth-order valence-corrected chi connectivity index (χ4v) is 5.06. The van der Waals surface area contributed by atoms with E-state index in [2.05, 4.69) is 22.2 Å². The predicted molar refractivity (Wildman–Crippen MR) is 130 cm³/mol. The molecule has 0 radical (unpaired) electrons. The summed E-state index contributed by atoms with van der Waals surface area (Å²) in [4.78, 5) is 14.1. The van der Waals surface area contributed by atoms with Crippen LogP contribution in [0.25, 0.3) is 11.0 Å². The minimum absolute atomic E-state index is 0.122. The number of nitrogens with zero attached hydrogens (tertiary/aromatic N) is 2. The maximum Gasteiger partial charge on any atom is 0.170 e. The number of aromatic nitrogens is 1. The van der Waals surface area contributed by atoms with Crippen molar-refractivity contribution in [2.45, 2.75) is 77.2 Å². The van der Waals surface area contributed by atoms with Crippen molar-refractivity contribution in [1.29, 1.82) is 0 Å². The third kappa shape index (κ3) is 6.50. The van der Waals surface area contributed by atoms with Crippen LogP contribution in [-0.4, -0.2) is 35.0 Å². The van der Waals surface area contributed by atoms with Crippen molar-refractivity contribution in [3.05, 3.63) is 65.1 Å². The molecule has 176 valence electrons. The van der Waals surface area contributed by atoms with E-state index in [0.29, 0.717) is 11.6 Å². The molecule has 0 bridgehead atoms. The van der Waals surface area contributed by atoms with E-state index in [1.54, 1.807) is 13.0 Å². The number of hydrogen-bond acceptors (Lipinski definition) is 4. The first-order valence-corrected chi connectivity index (χ1v) is 12.5. The van der Waals surface area contributed by atoms with Gasteiger partial charge in [0.05, 0.1) is 5.69 Å². The van der Waals surface area contributed by atoms with E-state index in [1.165, 1.54) is 69.3 Å². The molecule has 5 heteroatoms. The number of fused-ring (bicyclic) bond motifs is 1. The standard InChI is InChI=1S/C28H35FN2O2/c1-21(32)23-14-12-22(13-15-23)8-3-4-9-25(31-18-5-2-6-19-31)10-7-11-27-26-17-16-24(29)20-28(26)33-30-27/h12-17,20,25H,2-11,18-19H2,1H3. The smallest absolute Gasteiger partial charge is 0.170 e. The van der Waals surface area contributed by atoms with Crippen molar-refractivity contribution in [2.75, 3.05) is 13.1 Å². The lowest BCUT2D eigenvalue weighted by Gasteiger charge is -2.35. The number of benzene rings is 2. The Morgan fingerprint density at radius 2 is 1.76 bits per heavy atom. The van der Waals surface area contributed by atoms with Gasteiger partial charge in [0.2, 0.25) is 0 Å². The average molecular weight is 451 g/mol. The molecular formula is C28H35FN2O2. The highest BCUT2D eigenvalue weighted by molar-refractivity contribution is 5.94. The maximum absolute atomic E-state index is 13.4. The number of unbranched alkanes of at least 4 members (excludes halogenated alkanes) is 1. The van der Waals surface area contributed by atoms with Gasteiger partial charge >= 0.3 is 0 Å². The number of hydrogen-bond donors (Lipinski definition) is 0. The maximum atomic E-state index is 13.4. The highest BCUT2D eigenvalue weighted by Crippen LogP contribution is 2.24. The molecule has 1 aliphatic rings. The van der Waals surface area contributed by atoms with Crippen LogP contribution in [0.15, 0.2) is 47.0 Å². The molecule has 3 aromatic rings. The first kappa shape index (κ1) is 23.6. The average Bonchev–Trinajstić information content (AvgIpc) is 3.23. The van der Waals surface area contributed by atoms with Gasteiger partial charge in [-0.05, 0) is 89.1 Å². The van der Waals surface area contributed by atoms with Crippen molar-refractivity contribution in [1.82, 2.24) is 10.1 Å². The molecule has 1 atom stereocenters. The van der Waals surface area contributed by atoms with Gasteiger partial charge in [0.1, 0.15) is 5.82 Å². The minimum Gasteiger partial charge on any atom is -0.356 e. The van der Waals surface area contributed by atoms with Crippen LogP contribution in [0.3, 0.4) is 0 Å². The van der Waals surface area contributed by atoms with E-state index in [1.807, 2.05) is 12.1 Å². The number of aryl methyl sites for hydroxylation is 2. The molecule has 2 heterocycles. The molecule has 0 saturated carbocycles. The summed E-state index contributed by atoms with van der Waals surface area (Å²) in [6.07, 6.45) is 11.7.